The molecule has 2 aromatic heterocycles. The van der Waals surface area contributed by atoms with E-state index in [2.05, 4.69) is 25.9 Å². The van der Waals surface area contributed by atoms with Gasteiger partial charge in [-0.25, -0.2) is 14.8 Å². The van der Waals surface area contributed by atoms with E-state index in [0.717, 1.165) is 10.0 Å². The summed E-state index contributed by atoms with van der Waals surface area (Å²) in [5.74, 6) is 0.801. The van der Waals surface area contributed by atoms with Crippen LogP contribution < -0.4 is 0 Å². The van der Waals surface area contributed by atoms with Crippen molar-refractivity contribution in [3.8, 4) is 5.82 Å². The Hall–Kier alpha value is -1.40. The van der Waals surface area contributed by atoms with Crippen LogP contribution in [0.25, 0.3) is 5.82 Å². The zero-order valence-electron chi connectivity index (χ0n) is 12.0. The number of nitrogens with zero attached hydrogens (tertiary/aromatic N) is 3. The predicted molar refractivity (Wildman–Crippen MR) is 84.1 cm³/mol. The monoisotopic (exact) mass is 371 g/mol. The van der Waals surface area contributed by atoms with Gasteiger partial charge < -0.3 is 4.74 Å². The molecule has 0 unspecified atom stereocenters. The molecule has 2 heterocycles. The molecule has 0 aliphatic heterocycles. The fourth-order valence-electron chi connectivity index (χ4n) is 1.99. The molecule has 2 rings (SSSR count). The second-order valence-corrected chi connectivity index (χ2v) is 5.64. The quantitative estimate of drug-likeness (QED) is 0.767. The van der Waals surface area contributed by atoms with Crippen molar-refractivity contribution in [1.82, 2.24) is 14.5 Å². The van der Waals surface area contributed by atoms with Gasteiger partial charge in [0, 0.05) is 17.1 Å². The van der Waals surface area contributed by atoms with Crippen molar-refractivity contribution in [3.63, 3.8) is 0 Å². The van der Waals surface area contributed by atoms with E-state index in [-0.39, 0.29) is 17.5 Å². The molecule has 0 aromatic carbocycles. The maximum Gasteiger partial charge on any atom is 0.360 e. The average molecular weight is 373 g/mol. The van der Waals surface area contributed by atoms with Crippen molar-refractivity contribution in [1.29, 1.82) is 0 Å². The Morgan fingerprint density at radius 2 is 2.19 bits per heavy atom. The molecule has 21 heavy (non-hydrogen) atoms. The molecule has 0 radical (unpaired) electrons. The number of rotatable bonds is 4. The van der Waals surface area contributed by atoms with E-state index in [1.54, 1.807) is 17.7 Å². The second kappa shape index (κ2) is 6.58. The molecule has 0 amide bonds. The number of carbonyl (C=O) groups is 1. The highest BCUT2D eigenvalue weighted by molar-refractivity contribution is 9.10. The Morgan fingerprint density at radius 3 is 2.76 bits per heavy atom. The summed E-state index contributed by atoms with van der Waals surface area (Å²) in [6.45, 7) is 5.88. The minimum Gasteiger partial charge on any atom is -0.461 e. The van der Waals surface area contributed by atoms with Gasteiger partial charge in [-0.1, -0.05) is 18.5 Å². The topological polar surface area (TPSA) is 57.0 Å². The average Bonchev–Trinajstić information content (AvgIpc) is 2.76. The maximum atomic E-state index is 11.9. The highest BCUT2D eigenvalue weighted by Crippen LogP contribution is 2.26. The van der Waals surface area contributed by atoms with Crippen LogP contribution in [0.1, 0.15) is 35.7 Å². The number of hydrogen-bond donors (Lipinski definition) is 0. The summed E-state index contributed by atoms with van der Waals surface area (Å²) in [6.07, 6.45) is 2.30. The van der Waals surface area contributed by atoms with Crippen molar-refractivity contribution >= 4 is 33.5 Å². The third-order valence-corrected chi connectivity index (χ3v) is 3.69. The molecule has 7 heteroatoms. The van der Waals surface area contributed by atoms with Crippen molar-refractivity contribution in [2.24, 2.45) is 0 Å². The molecule has 0 atom stereocenters. The fraction of sp³-hybridized carbons (Fsp3) is 0.357. The SMILES string of the molecule is CCOC(=O)c1nc(CC)n(-c2ncc(Br)cc2C)c1Cl. The molecule has 0 N–H and O–H groups in total. The van der Waals surface area contributed by atoms with Gasteiger partial charge in [0.1, 0.15) is 16.8 Å². The molecule has 0 saturated carbocycles. The van der Waals surface area contributed by atoms with Crippen LogP contribution in [0.5, 0.6) is 0 Å². The summed E-state index contributed by atoms with van der Waals surface area (Å²) in [7, 11) is 0. The van der Waals surface area contributed by atoms with E-state index in [0.29, 0.717) is 18.1 Å². The molecule has 2 aromatic rings. The van der Waals surface area contributed by atoms with Crippen LogP contribution in [0, 0.1) is 6.92 Å². The molecule has 0 fully saturated rings. The number of hydrogen-bond acceptors (Lipinski definition) is 4. The van der Waals surface area contributed by atoms with Gasteiger partial charge in [-0.15, -0.1) is 0 Å². The smallest absolute Gasteiger partial charge is 0.360 e. The largest absolute Gasteiger partial charge is 0.461 e. The van der Waals surface area contributed by atoms with Gasteiger partial charge >= 0.3 is 5.97 Å². The van der Waals surface area contributed by atoms with Crippen molar-refractivity contribution in [2.75, 3.05) is 6.61 Å². The third-order valence-electron chi connectivity index (χ3n) is 2.90. The van der Waals surface area contributed by atoms with Crippen molar-refractivity contribution in [3.05, 3.63) is 39.0 Å². The molecular formula is C14H15BrClN3O2. The summed E-state index contributed by atoms with van der Waals surface area (Å²) < 4.78 is 7.55. The Kier molecular flexibility index (Phi) is 5.00. The fourth-order valence-corrected chi connectivity index (χ4v) is 2.74. The minimum atomic E-state index is -0.522. The normalized spacial score (nSPS) is 10.7. The maximum absolute atomic E-state index is 11.9. The summed E-state index contributed by atoms with van der Waals surface area (Å²) >= 11 is 9.71. The summed E-state index contributed by atoms with van der Waals surface area (Å²) in [4.78, 5) is 20.6. The molecular weight excluding hydrogens is 358 g/mol. The zero-order chi connectivity index (χ0) is 15.6. The molecule has 0 saturated heterocycles. The van der Waals surface area contributed by atoms with E-state index in [1.165, 1.54) is 0 Å². The highest BCUT2D eigenvalue weighted by atomic mass is 79.9. The van der Waals surface area contributed by atoms with E-state index in [9.17, 15) is 4.79 Å². The third kappa shape index (κ3) is 3.11. The number of carbonyl (C=O) groups excluding carboxylic acids is 1. The first-order valence-corrected chi connectivity index (χ1v) is 7.73. The molecule has 0 spiro atoms. The Balaban J connectivity index is 2.60. The van der Waals surface area contributed by atoms with E-state index >= 15 is 0 Å². The van der Waals surface area contributed by atoms with Crippen LogP contribution >= 0.6 is 27.5 Å². The van der Waals surface area contributed by atoms with Crippen LogP contribution in [0.15, 0.2) is 16.7 Å². The van der Waals surface area contributed by atoms with Gasteiger partial charge in [0.25, 0.3) is 0 Å². The van der Waals surface area contributed by atoms with Crippen LogP contribution in [-0.4, -0.2) is 27.1 Å². The lowest BCUT2D eigenvalue weighted by Crippen LogP contribution is -2.07. The van der Waals surface area contributed by atoms with Gasteiger partial charge in [-0.05, 0) is 41.4 Å². The first-order valence-electron chi connectivity index (χ1n) is 6.56. The number of imidazole rings is 1. The van der Waals surface area contributed by atoms with Gasteiger partial charge in [-0.3, -0.25) is 4.57 Å². The van der Waals surface area contributed by atoms with E-state index in [1.807, 2.05) is 19.9 Å². The number of aryl methyl sites for hydroxylation is 2. The summed E-state index contributed by atoms with van der Waals surface area (Å²) in [5.41, 5.74) is 1.05. The number of aromatic nitrogens is 3. The van der Waals surface area contributed by atoms with Crippen LogP contribution in [-0.2, 0) is 11.2 Å². The van der Waals surface area contributed by atoms with Crippen molar-refractivity contribution < 1.29 is 9.53 Å². The first-order chi connectivity index (χ1) is 9.99. The minimum absolute atomic E-state index is 0.125. The van der Waals surface area contributed by atoms with Gasteiger partial charge in [0.15, 0.2) is 5.69 Å². The molecule has 0 aliphatic carbocycles. The number of esters is 1. The Morgan fingerprint density at radius 1 is 1.48 bits per heavy atom. The zero-order valence-corrected chi connectivity index (χ0v) is 14.3. The highest BCUT2D eigenvalue weighted by Gasteiger charge is 2.23. The molecule has 5 nitrogen and oxygen atoms in total. The molecule has 112 valence electrons. The number of halogens is 2. The van der Waals surface area contributed by atoms with Gasteiger partial charge in [0.05, 0.1) is 6.61 Å². The van der Waals surface area contributed by atoms with Crippen LogP contribution in [0.2, 0.25) is 5.15 Å². The standard InChI is InChI=1S/C14H15BrClN3O2/c1-4-10-18-11(14(20)21-5-2)12(16)19(10)13-8(3)6-9(15)7-17-13/h6-7H,4-5H2,1-3H3. The van der Waals surface area contributed by atoms with Crippen molar-refractivity contribution in [2.45, 2.75) is 27.2 Å². The van der Waals surface area contributed by atoms with E-state index < -0.39 is 5.97 Å². The lowest BCUT2D eigenvalue weighted by atomic mass is 10.3. The van der Waals surface area contributed by atoms with Gasteiger partial charge in [-0.2, -0.15) is 0 Å². The predicted octanol–water partition coefficient (Wildman–Crippen LogP) is 3.73. The van der Waals surface area contributed by atoms with Crippen LogP contribution in [0.4, 0.5) is 0 Å². The van der Waals surface area contributed by atoms with Crippen LogP contribution in [0.3, 0.4) is 0 Å². The first kappa shape index (κ1) is 16.0. The summed E-state index contributed by atoms with van der Waals surface area (Å²) in [5, 5.41) is 0.225. The van der Waals surface area contributed by atoms with E-state index in [4.69, 9.17) is 16.3 Å². The number of pyridine rings is 1. The van der Waals surface area contributed by atoms with Gasteiger partial charge in [0.2, 0.25) is 0 Å². The summed E-state index contributed by atoms with van der Waals surface area (Å²) in [6, 6.07) is 1.93. The second-order valence-electron chi connectivity index (χ2n) is 4.37. The lowest BCUT2D eigenvalue weighted by Gasteiger charge is -2.10. The Bertz CT molecular complexity index is 685. The molecule has 0 bridgehead atoms. The Labute approximate surface area is 136 Å². The molecule has 0 aliphatic rings. The number of ether oxygens (including phenoxy) is 1. The lowest BCUT2D eigenvalue weighted by molar-refractivity contribution is 0.0520.